The molecule has 0 aliphatic heterocycles. The number of methoxy groups -OCH3 is 1. The number of carbonyl (C=O) groups excluding carboxylic acids is 1. The summed E-state index contributed by atoms with van der Waals surface area (Å²) in [5, 5.41) is 11.2. The molecule has 0 spiro atoms. The van der Waals surface area contributed by atoms with E-state index >= 15 is 0 Å². The number of esters is 1. The Bertz CT molecular complexity index is 1400. The highest BCUT2D eigenvalue weighted by atomic mass is 32.2. The van der Waals surface area contributed by atoms with Gasteiger partial charge < -0.3 is 9.47 Å². The van der Waals surface area contributed by atoms with Gasteiger partial charge in [-0.3, -0.25) is 14.9 Å². The van der Waals surface area contributed by atoms with E-state index in [-0.39, 0.29) is 23.6 Å². The molecule has 0 radical (unpaired) electrons. The maximum absolute atomic E-state index is 13.3. The Morgan fingerprint density at radius 3 is 2.54 bits per heavy atom. The van der Waals surface area contributed by atoms with E-state index in [0.717, 1.165) is 22.3 Å². The molecule has 4 rings (SSSR count). The zero-order valence-corrected chi connectivity index (χ0v) is 20.0. The lowest BCUT2D eigenvalue weighted by Crippen LogP contribution is -2.43. The number of nitro groups is 1. The molecule has 1 atom stereocenters. The predicted octanol–water partition coefficient (Wildman–Crippen LogP) is 3.63. The molecule has 0 amide bonds. The molecule has 1 aliphatic rings. The highest BCUT2D eigenvalue weighted by Gasteiger charge is 2.30. The Labute approximate surface area is 202 Å². The SMILES string of the molecule is CCOC(=O)[C@@H](Cc1cc([N+](=O)[O-])ccc1OC)NS(=O)(=O)c1ccc2c(c1)Cc1ccccc1-2. The number of ether oxygens (including phenoxy) is 2. The summed E-state index contributed by atoms with van der Waals surface area (Å²) < 4.78 is 39.3. The molecule has 0 fully saturated rings. The molecule has 1 aliphatic carbocycles. The summed E-state index contributed by atoms with van der Waals surface area (Å²) in [5.41, 5.74) is 4.13. The van der Waals surface area contributed by atoms with Gasteiger partial charge in [0.2, 0.25) is 10.0 Å². The number of nitrogens with zero attached hydrogens (tertiary/aromatic N) is 1. The van der Waals surface area contributed by atoms with Crippen molar-refractivity contribution < 1.29 is 27.6 Å². The molecular weight excluding hydrogens is 472 g/mol. The third kappa shape index (κ3) is 5.03. The lowest BCUT2D eigenvalue weighted by Gasteiger charge is -2.19. The summed E-state index contributed by atoms with van der Waals surface area (Å²) in [6, 6.07) is 15.4. The lowest BCUT2D eigenvalue weighted by atomic mass is 10.0. The van der Waals surface area contributed by atoms with Crippen LogP contribution in [0.5, 0.6) is 5.75 Å². The molecule has 1 N–H and O–H groups in total. The fourth-order valence-corrected chi connectivity index (χ4v) is 5.45. The number of hydrogen-bond donors (Lipinski definition) is 1. The monoisotopic (exact) mass is 496 g/mol. The van der Waals surface area contributed by atoms with Crippen molar-refractivity contribution in [2.45, 2.75) is 30.7 Å². The van der Waals surface area contributed by atoms with Crippen LogP contribution in [0.2, 0.25) is 0 Å². The normalized spacial score (nSPS) is 13.0. The molecule has 0 unspecified atom stereocenters. The third-order valence-corrected chi connectivity index (χ3v) is 7.31. The van der Waals surface area contributed by atoms with E-state index in [2.05, 4.69) is 4.72 Å². The standard InChI is InChI=1S/C25H24N2O7S/c1-3-34-25(28)23(15-18-13-19(27(29)30)8-11-24(18)33-2)26-35(31,32)20-9-10-22-17(14-20)12-16-6-4-5-7-21(16)22/h4-11,13-14,23,26H,3,12,15H2,1-2H3/t23-/m1/s1. The summed E-state index contributed by atoms with van der Waals surface area (Å²) >= 11 is 0. The van der Waals surface area contributed by atoms with Gasteiger partial charge in [0, 0.05) is 24.1 Å². The first-order chi connectivity index (χ1) is 16.7. The maximum atomic E-state index is 13.3. The van der Waals surface area contributed by atoms with Gasteiger partial charge in [0.1, 0.15) is 11.8 Å². The van der Waals surface area contributed by atoms with Crippen LogP contribution in [0.3, 0.4) is 0 Å². The van der Waals surface area contributed by atoms with Gasteiger partial charge >= 0.3 is 5.97 Å². The molecule has 0 saturated carbocycles. The second-order valence-electron chi connectivity index (χ2n) is 8.04. The number of sulfonamides is 1. The molecule has 0 bridgehead atoms. The third-order valence-electron chi connectivity index (χ3n) is 5.84. The fraction of sp³-hybridized carbons (Fsp3) is 0.240. The number of nitro benzene ring substituents is 1. The van der Waals surface area contributed by atoms with Gasteiger partial charge in [0.05, 0.1) is 23.5 Å². The van der Waals surface area contributed by atoms with Crippen molar-refractivity contribution >= 4 is 21.7 Å². The van der Waals surface area contributed by atoms with Crippen molar-refractivity contribution in [3.63, 3.8) is 0 Å². The van der Waals surface area contributed by atoms with Crippen LogP contribution in [0.25, 0.3) is 11.1 Å². The molecule has 0 saturated heterocycles. The van der Waals surface area contributed by atoms with Gasteiger partial charge in [-0.25, -0.2) is 8.42 Å². The quantitative estimate of drug-likeness (QED) is 0.213. The zero-order chi connectivity index (χ0) is 25.2. The van der Waals surface area contributed by atoms with Gasteiger partial charge in [-0.05, 0) is 53.8 Å². The van der Waals surface area contributed by atoms with E-state index < -0.39 is 27.0 Å². The number of non-ortho nitro benzene ring substituents is 1. The Morgan fingerprint density at radius 1 is 1.09 bits per heavy atom. The number of fused-ring (bicyclic) bond motifs is 3. The van der Waals surface area contributed by atoms with Crippen LogP contribution < -0.4 is 9.46 Å². The molecule has 3 aromatic rings. The van der Waals surface area contributed by atoms with E-state index in [0.29, 0.717) is 17.7 Å². The van der Waals surface area contributed by atoms with Crippen LogP contribution >= 0.6 is 0 Å². The minimum atomic E-state index is -4.12. The second kappa shape index (κ2) is 9.85. The molecule has 0 aromatic heterocycles. The molecule has 9 nitrogen and oxygen atoms in total. The van der Waals surface area contributed by atoms with E-state index in [9.17, 15) is 23.3 Å². The van der Waals surface area contributed by atoms with Crippen molar-refractivity contribution in [1.82, 2.24) is 4.72 Å². The molecule has 182 valence electrons. The number of hydrogen-bond acceptors (Lipinski definition) is 7. The largest absolute Gasteiger partial charge is 0.496 e. The average molecular weight is 497 g/mol. The molecule has 10 heteroatoms. The van der Waals surface area contributed by atoms with Crippen molar-refractivity contribution in [3.05, 3.63) is 87.5 Å². The lowest BCUT2D eigenvalue weighted by molar-refractivity contribution is -0.384. The van der Waals surface area contributed by atoms with E-state index in [4.69, 9.17) is 9.47 Å². The summed E-state index contributed by atoms with van der Waals surface area (Å²) in [6.07, 6.45) is 0.417. The van der Waals surface area contributed by atoms with Crippen LogP contribution in [0, 0.1) is 10.1 Å². The fourth-order valence-electron chi connectivity index (χ4n) is 4.22. The summed E-state index contributed by atoms with van der Waals surface area (Å²) in [5.74, 6) is -0.502. The van der Waals surface area contributed by atoms with E-state index in [1.807, 2.05) is 24.3 Å². The van der Waals surface area contributed by atoms with Gasteiger partial charge in [-0.2, -0.15) is 4.72 Å². The van der Waals surface area contributed by atoms with Gasteiger partial charge in [-0.1, -0.05) is 30.3 Å². The summed E-state index contributed by atoms with van der Waals surface area (Å²) in [7, 11) is -2.74. The van der Waals surface area contributed by atoms with Crippen molar-refractivity contribution in [2.75, 3.05) is 13.7 Å². The molecule has 35 heavy (non-hydrogen) atoms. The highest BCUT2D eigenvalue weighted by molar-refractivity contribution is 7.89. The Kier molecular flexibility index (Phi) is 6.86. The zero-order valence-electron chi connectivity index (χ0n) is 19.2. The van der Waals surface area contributed by atoms with Crippen molar-refractivity contribution in [1.29, 1.82) is 0 Å². The smallest absolute Gasteiger partial charge is 0.324 e. The van der Waals surface area contributed by atoms with Crippen molar-refractivity contribution in [2.24, 2.45) is 0 Å². The van der Waals surface area contributed by atoms with Crippen LogP contribution in [0.1, 0.15) is 23.6 Å². The molecule has 3 aromatic carbocycles. The highest BCUT2D eigenvalue weighted by Crippen LogP contribution is 2.37. The van der Waals surface area contributed by atoms with Gasteiger partial charge in [-0.15, -0.1) is 0 Å². The average Bonchev–Trinajstić information content (AvgIpc) is 3.21. The summed E-state index contributed by atoms with van der Waals surface area (Å²) in [6.45, 7) is 1.65. The van der Waals surface area contributed by atoms with Crippen LogP contribution in [-0.4, -0.2) is 39.1 Å². The van der Waals surface area contributed by atoms with E-state index in [1.54, 1.807) is 19.1 Å². The van der Waals surface area contributed by atoms with E-state index in [1.165, 1.54) is 31.4 Å². The number of rotatable bonds is 9. The van der Waals surface area contributed by atoms with Crippen LogP contribution in [-0.2, 0) is 32.4 Å². The summed E-state index contributed by atoms with van der Waals surface area (Å²) in [4.78, 5) is 23.4. The first-order valence-electron chi connectivity index (χ1n) is 10.9. The van der Waals surface area contributed by atoms with Crippen LogP contribution in [0.4, 0.5) is 5.69 Å². The number of nitrogens with one attached hydrogen (secondary N) is 1. The van der Waals surface area contributed by atoms with Crippen molar-refractivity contribution in [3.8, 4) is 16.9 Å². The van der Waals surface area contributed by atoms with Crippen LogP contribution in [0.15, 0.2) is 65.6 Å². The minimum Gasteiger partial charge on any atom is -0.496 e. The Morgan fingerprint density at radius 2 is 1.83 bits per heavy atom. The Balaban J connectivity index is 1.64. The topological polar surface area (TPSA) is 125 Å². The molecular formula is C25H24N2O7S. The second-order valence-corrected chi connectivity index (χ2v) is 9.75. The Hall–Kier alpha value is -3.76. The number of benzene rings is 3. The first kappa shape index (κ1) is 24.4. The van der Waals surface area contributed by atoms with Gasteiger partial charge in [0.25, 0.3) is 5.69 Å². The minimum absolute atomic E-state index is 0.0179. The first-order valence-corrected chi connectivity index (χ1v) is 12.4. The maximum Gasteiger partial charge on any atom is 0.324 e. The van der Waals surface area contributed by atoms with Gasteiger partial charge in [0.15, 0.2) is 0 Å². The molecule has 0 heterocycles. The predicted molar refractivity (Wildman–Crippen MR) is 129 cm³/mol. The number of carbonyl (C=O) groups is 1.